The first kappa shape index (κ1) is 21.3. The molecule has 0 saturated carbocycles. The number of carbonyl (C=O) groups excluding carboxylic acids is 2. The number of halogens is 2. The van der Waals surface area contributed by atoms with Crippen molar-refractivity contribution in [1.29, 1.82) is 0 Å². The van der Waals surface area contributed by atoms with Crippen LogP contribution in [0.15, 0.2) is 24.3 Å². The quantitative estimate of drug-likeness (QED) is 0.628. The molecular weight excluding hydrogens is 349 g/mol. The summed E-state index contributed by atoms with van der Waals surface area (Å²) in [5.41, 5.74) is -0.470. The van der Waals surface area contributed by atoms with E-state index in [0.717, 1.165) is 13.1 Å². The van der Waals surface area contributed by atoms with Crippen LogP contribution in [0.4, 0.5) is 4.39 Å². The third-order valence-electron chi connectivity index (χ3n) is 4.23. The molecule has 0 spiro atoms. The predicted molar refractivity (Wildman–Crippen MR) is 95.5 cm³/mol. The molecule has 25 heavy (non-hydrogen) atoms. The Morgan fingerprint density at radius 2 is 1.92 bits per heavy atom. The van der Waals surface area contributed by atoms with Crippen LogP contribution in [-0.4, -0.2) is 50.7 Å². The summed E-state index contributed by atoms with van der Waals surface area (Å²) in [6.07, 6.45) is 1.88. The van der Waals surface area contributed by atoms with Crippen molar-refractivity contribution in [2.45, 2.75) is 24.9 Å². The van der Waals surface area contributed by atoms with Crippen molar-refractivity contribution in [1.82, 2.24) is 16.0 Å². The van der Waals surface area contributed by atoms with E-state index < -0.39 is 11.4 Å². The second kappa shape index (κ2) is 10.3. The topological polar surface area (TPSA) is 79.5 Å². The molecule has 1 aliphatic rings. The molecule has 0 unspecified atom stereocenters. The van der Waals surface area contributed by atoms with E-state index in [0.29, 0.717) is 32.4 Å². The van der Waals surface area contributed by atoms with Gasteiger partial charge in [0.2, 0.25) is 0 Å². The van der Waals surface area contributed by atoms with Gasteiger partial charge in [0.05, 0.1) is 0 Å². The van der Waals surface area contributed by atoms with Crippen LogP contribution in [0.2, 0.25) is 0 Å². The van der Waals surface area contributed by atoms with Crippen molar-refractivity contribution in [2.24, 2.45) is 0 Å². The van der Waals surface area contributed by atoms with Crippen LogP contribution in [0.25, 0.3) is 0 Å². The van der Waals surface area contributed by atoms with Crippen LogP contribution in [0.3, 0.4) is 0 Å². The Kier molecular flexibility index (Phi) is 8.82. The molecule has 2 rings (SSSR count). The third kappa shape index (κ3) is 5.95. The van der Waals surface area contributed by atoms with Gasteiger partial charge in [0.1, 0.15) is 11.4 Å². The highest BCUT2D eigenvalue weighted by molar-refractivity contribution is 5.94. The van der Waals surface area contributed by atoms with E-state index in [1.54, 1.807) is 13.2 Å². The fourth-order valence-corrected chi connectivity index (χ4v) is 2.74. The van der Waals surface area contributed by atoms with E-state index in [9.17, 15) is 14.0 Å². The molecule has 0 radical (unpaired) electrons. The van der Waals surface area contributed by atoms with Gasteiger partial charge in [-0.05, 0) is 50.6 Å². The van der Waals surface area contributed by atoms with Crippen LogP contribution in [0, 0.1) is 5.82 Å². The molecule has 0 aliphatic carbocycles. The maximum Gasteiger partial charge on any atom is 0.252 e. The molecule has 1 aromatic carbocycles. The number of amides is 2. The highest BCUT2D eigenvalue weighted by atomic mass is 35.5. The minimum Gasteiger partial charge on any atom is -0.368 e. The first-order chi connectivity index (χ1) is 11.6. The number of piperidine rings is 1. The minimum absolute atomic E-state index is 0. The number of hydrogen-bond donors (Lipinski definition) is 3. The lowest BCUT2D eigenvalue weighted by Gasteiger charge is -2.34. The summed E-state index contributed by atoms with van der Waals surface area (Å²) < 4.78 is 18.5. The van der Waals surface area contributed by atoms with Gasteiger partial charge < -0.3 is 20.7 Å². The summed E-state index contributed by atoms with van der Waals surface area (Å²) in [6, 6.07) is 5.53. The maximum absolute atomic E-state index is 13.1. The zero-order chi connectivity index (χ0) is 17.4. The first-order valence-corrected chi connectivity index (χ1v) is 8.15. The van der Waals surface area contributed by atoms with Gasteiger partial charge in [0.15, 0.2) is 0 Å². The Hall–Kier alpha value is -1.70. The molecule has 0 bridgehead atoms. The highest BCUT2D eigenvalue weighted by Gasteiger charge is 2.39. The molecule has 140 valence electrons. The summed E-state index contributed by atoms with van der Waals surface area (Å²) in [5, 5.41) is 8.77. The molecule has 1 saturated heterocycles. The second-order valence-electron chi connectivity index (χ2n) is 5.82. The molecule has 3 N–H and O–H groups in total. The summed E-state index contributed by atoms with van der Waals surface area (Å²) in [5.74, 6) is -0.878. The smallest absolute Gasteiger partial charge is 0.252 e. The standard InChI is InChI=1S/C17H24FN3O3.ClH/c1-24-17(6-10-19-11-7-17)16(23)21-9-3-8-20-15(22)13-4-2-5-14(18)12-13;/h2,4-5,12,19H,3,6-11H2,1H3,(H,20,22)(H,21,23);1H. The molecule has 1 heterocycles. The Labute approximate surface area is 153 Å². The van der Waals surface area contributed by atoms with Gasteiger partial charge in [-0.3, -0.25) is 9.59 Å². The Balaban J connectivity index is 0.00000312. The second-order valence-corrected chi connectivity index (χ2v) is 5.82. The van der Waals surface area contributed by atoms with Crippen molar-refractivity contribution in [2.75, 3.05) is 33.3 Å². The molecule has 0 atom stereocenters. The normalized spacial score (nSPS) is 15.8. The van der Waals surface area contributed by atoms with E-state index >= 15 is 0 Å². The van der Waals surface area contributed by atoms with Crippen LogP contribution in [0.1, 0.15) is 29.6 Å². The van der Waals surface area contributed by atoms with E-state index in [2.05, 4.69) is 16.0 Å². The van der Waals surface area contributed by atoms with Gasteiger partial charge in [0.25, 0.3) is 11.8 Å². The zero-order valence-electron chi connectivity index (χ0n) is 14.3. The van der Waals surface area contributed by atoms with E-state index in [1.165, 1.54) is 18.2 Å². The fraction of sp³-hybridized carbons (Fsp3) is 0.529. The van der Waals surface area contributed by atoms with Gasteiger partial charge in [-0.25, -0.2) is 4.39 Å². The maximum atomic E-state index is 13.1. The Morgan fingerprint density at radius 1 is 1.24 bits per heavy atom. The van der Waals surface area contributed by atoms with Crippen molar-refractivity contribution in [3.8, 4) is 0 Å². The van der Waals surface area contributed by atoms with Crippen molar-refractivity contribution in [3.05, 3.63) is 35.6 Å². The lowest BCUT2D eigenvalue weighted by molar-refractivity contribution is -0.146. The molecular formula is C17H25ClFN3O3. The number of hydrogen-bond acceptors (Lipinski definition) is 4. The van der Waals surface area contributed by atoms with Crippen LogP contribution < -0.4 is 16.0 Å². The summed E-state index contributed by atoms with van der Waals surface area (Å²) in [6.45, 7) is 2.36. The zero-order valence-corrected chi connectivity index (χ0v) is 15.1. The van der Waals surface area contributed by atoms with Crippen molar-refractivity contribution < 1.29 is 18.7 Å². The molecule has 6 nitrogen and oxygen atoms in total. The van der Waals surface area contributed by atoms with Gasteiger partial charge in [-0.2, -0.15) is 0 Å². The van der Waals surface area contributed by atoms with E-state index in [4.69, 9.17) is 4.74 Å². The van der Waals surface area contributed by atoms with Crippen LogP contribution >= 0.6 is 12.4 Å². The van der Waals surface area contributed by atoms with Gasteiger partial charge in [-0.1, -0.05) is 6.07 Å². The van der Waals surface area contributed by atoms with Crippen molar-refractivity contribution in [3.63, 3.8) is 0 Å². The van der Waals surface area contributed by atoms with Gasteiger partial charge >= 0.3 is 0 Å². The molecule has 8 heteroatoms. The largest absolute Gasteiger partial charge is 0.368 e. The predicted octanol–water partition coefficient (Wildman–Crippen LogP) is 1.25. The monoisotopic (exact) mass is 373 g/mol. The average molecular weight is 374 g/mol. The molecule has 1 aromatic rings. The average Bonchev–Trinajstić information content (AvgIpc) is 2.61. The number of ether oxygens (including phenoxy) is 1. The summed E-state index contributed by atoms with van der Waals surface area (Å²) in [4.78, 5) is 24.2. The number of rotatable bonds is 7. The molecule has 1 aliphatic heterocycles. The fourth-order valence-electron chi connectivity index (χ4n) is 2.74. The van der Waals surface area contributed by atoms with Crippen LogP contribution in [-0.2, 0) is 9.53 Å². The molecule has 1 fully saturated rings. The number of nitrogens with one attached hydrogen (secondary N) is 3. The van der Waals surface area contributed by atoms with Crippen molar-refractivity contribution >= 4 is 24.2 Å². The number of methoxy groups -OCH3 is 1. The third-order valence-corrected chi connectivity index (χ3v) is 4.23. The van der Waals surface area contributed by atoms with E-state index in [-0.39, 0.29) is 29.8 Å². The summed E-state index contributed by atoms with van der Waals surface area (Å²) in [7, 11) is 1.56. The minimum atomic E-state index is -0.754. The SMILES string of the molecule is COC1(C(=O)NCCCNC(=O)c2cccc(F)c2)CCNCC1.Cl. The van der Waals surface area contributed by atoms with Crippen LogP contribution in [0.5, 0.6) is 0 Å². The first-order valence-electron chi connectivity index (χ1n) is 8.15. The number of benzene rings is 1. The lowest BCUT2D eigenvalue weighted by Crippen LogP contribution is -2.54. The van der Waals surface area contributed by atoms with Gasteiger partial charge in [0, 0.05) is 25.8 Å². The lowest BCUT2D eigenvalue weighted by atomic mass is 9.91. The molecule has 2 amide bonds. The highest BCUT2D eigenvalue weighted by Crippen LogP contribution is 2.22. The Morgan fingerprint density at radius 3 is 2.56 bits per heavy atom. The number of carbonyl (C=O) groups is 2. The van der Waals surface area contributed by atoms with E-state index in [1.807, 2.05) is 0 Å². The van der Waals surface area contributed by atoms with Gasteiger partial charge in [-0.15, -0.1) is 12.4 Å². The Bertz CT molecular complexity index is 580. The molecule has 0 aromatic heterocycles. The summed E-state index contributed by atoms with van der Waals surface area (Å²) >= 11 is 0.